The fraction of sp³-hybridized carbons (Fsp3) is 0.286. The van der Waals surface area contributed by atoms with E-state index in [1.165, 1.54) is 37.2 Å². The van der Waals surface area contributed by atoms with E-state index in [-0.39, 0.29) is 23.5 Å². The minimum Gasteiger partial charge on any atom is -0.493 e. The molecule has 1 aliphatic rings. The van der Waals surface area contributed by atoms with E-state index in [0.717, 1.165) is 0 Å². The fourth-order valence-corrected chi connectivity index (χ4v) is 6.21. The van der Waals surface area contributed by atoms with Crippen molar-refractivity contribution in [1.82, 2.24) is 4.57 Å². The molecule has 13 heteroatoms. The maximum Gasteiger partial charge on any atom is 0.341 e. The standard InChI is InChI=1S/C28H27IN2O9S/c1-6-39-27(35)23-14(2)30-28-31(24(23)16-7-8-18(36-3)19(12-16)37-4)26(34)21(41-28)11-15-9-17(29)25(20(10-15)38-5)40-13-22(32)33/h7-12,24H,6,13H2,1-5H3,(H,32,33)/b21-11-/t24-/m1/s1. The molecule has 1 aliphatic heterocycles. The molecule has 4 rings (SSSR count). The van der Waals surface area contributed by atoms with Crippen LogP contribution >= 0.6 is 33.9 Å². The number of carboxylic acid groups (broad SMARTS) is 1. The molecule has 1 atom stereocenters. The molecule has 0 saturated heterocycles. The third-order valence-electron chi connectivity index (χ3n) is 6.13. The summed E-state index contributed by atoms with van der Waals surface area (Å²) in [7, 11) is 4.48. The van der Waals surface area contributed by atoms with Crippen LogP contribution in [0.4, 0.5) is 0 Å². The molecule has 2 heterocycles. The van der Waals surface area contributed by atoms with Gasteiger partial charge in [-0.25, -0.2) is 14.6 Å². The molecule has 0 amide bonds. The van der Waals surface area contributed by atoms with E-state index in [2.05, 4.69) is 4.99 Å². The van der Waals surface area contributed by atoms with E-state index < -0.39 is 24.6 Å². The second-order valence-corrected chi connectivity index (χ2v) is 10.8. The Morgan fingerprint density at radius 3 is 2.44 bits per heavy atom. The van der Waals surface area contributed by atoms with E-state index >= 15 is 0 Å². The molecule has 0 spiro atoms. The number of methoxy groups -OCH3 is 3. The molecule has 2 aromatic carbocycles. The second-order valence-electron chi connectivity index (χ2n) is 8.63. The van der Waals surface area contributed by atoms with Crippen molar-refractivity contribution in [3.63, 3.8) is 0 Å². The Morgan fingerprint density at radius 2 is 1.80 bits per heavy atom. The quantitative estimate of drug-likeness (QED) is 0.251. The van der Waals surface area contributed by atoms with E-state index in [9.17, 15) is 14.4 Å². The van der Waals surface area contributed by atoms with Crippen molar-refractivity contribution >= 4 is 51.9 Å². The van der Waals surface area contributed by atoms with Gasteiger partial charge in [0.2, 0.25) is 0 Å². The highest BCUT2D eigenvalue weighted by Crippen LogP contribution is 2.36. The molecule has 0 bridgehead atoms. The Hall–Kier alpha value is -3.85. The summed E-state index contributed by atoms with van der Waals surface area (Å²) in [4.78, 5) is 43.1. The number of carboxylic acids is 1. The van der Waals surface area contributed by atoms with E-state index in [1.54, 1.807) is 50.3 Å². The van der Waals surface area contributed by atoms with E-state index in [0.29, 0.717) is 47.0 Å². The first-order valence-electron chi connectivity index (χ1n) is 12.3. The van der Waals surface area contributed by atoms with Crippen LogP contribution in [0.3, 0.4) is 0 Å². The normalized spacial score (nSPS) is 14.7. The molecule has 0 aliphatic carbocycles. The molecular weight excluding hydrogens is 667 g/mol. The smallest absolute Gasteiger partial charge is 0.341 e. The van der Waals surface area contributed by atoms with Crippen LogP contribution in [0.2, 0.25) is 0 Å². The van der Waals surface area contributed by atoms with Gasteiger partial charge in [0.1, 0.15) is 0 Å². The Kier molecular flexibility index (Phi) is 9.38. The minimum atomic E-state index is -1.12. The summed E-state index contributed by atoms with van der Waals surface area (Å²) in [5, 5.41) is 8.99. The predicted molar refractivity (Wildman–Crippen MR) is 159 cm³/mol. The van der Waals surface area contributed by atoms with Crippen LogP contribution in [-0.4, -0.2) is 56.2 Å². The Bertz CT molecular complexity index is 1730. The molecule has 11 nitrogen and oxygen atoms in total. The van der Waals surface area contributed by atoms with Crippen LogP contribution in [0.25, 0.3) is 6.08 Å². The van der Waals surface area contributed by atoms with Crippen LogP contribution in [0.1, 0.15) is 31.0 Å². The number of aliphatic carboxylic acids is 1. The number of nitrogens with zero attached hydrogens (tertiary/aromatic N) is 2. The number of hydrogen-bond acceptors (Lipinski definition) is 10. The van der Waals surface area contributed by atoms with Gasteiger partial charge in [0.05, 0.1) is 53.4 Å². The Morgan fingerprint density at radius 1 is 1.10 bits per heavy atom. The average molecular weight is 695 g/mol. The molecule has 216 valence electrons. The van der Waals surface area contributed by atoms with Gasteiger partial charge in [-0.05, 0) is 77.9 Å². The van der Waals surface area contributed by atoms with Crippen LogP contribution in [0.15, 0.2) is 51.4 Å². The van der Waals surface area contributed by atoms with E-state index in [4.69, 9.17) is 28.8 Å². The number of thiazole rings is 1. The van der Waals surface area contributed by atoms with Gasteiger partial charge in [-0.1, -0.05) is 17.4 Å². The van der Waals surface area contributed by atoms with Gasteiger partial charge < -0.3 is 28.8 Å². The molecule has 0 unspecified atom stereocenters. The third kappa shape index (κ3) is 6.10. The van der Waals surface area contributed by atoms with Gasteiger partial charge >= 0.3 is 11.9 Å². The first-order chi connectivity index (χ1) is 19.6. The van der Waals surface area contributed by atoms with Crippen molar-refractivity contribution in [2.45, 2.75) is 19.9 Å². The lowest BCUT2D eigenvalue weighted by Crippen LogP contribution is -2.40. The van der Waals surface area contributed by atoms with Crippen LogP contribution < -0.4 is 33.8 Å². The summed E-state index contributed by atoms with van der Waals surface area (Å²) in [6.45, 7) is 3.05. The summed E-state index contributed by atoms with van der Waals surface area (Å²) in [6.07, 6.45) is 1.69. The van der Waals surface area contributed by atoms with Gasteiger partial charge in [-0.3, -0.25) is 9.36 Å². The lowest BCUT2D eigenvalue weighted by atomic mass is 9.95. The molecular formula is C28H27IN2O9S. The second kappa shape index (κ2) is 12.8. The summed E-state index contributed by atoms with van der Waals surface area (Å²) in [5.41, 5.74) is 1.57. The van der Waals surface area contributed by atoms with E-state index in [1.807, 2.05) is 22.6 Å². The molecule has 41 heavy (non-hydrogen) atoms. The van der Waals surface area contributed by atoms with Crippen LogP contribution in [0.5, 0.6) is 23.0 Å². The number of allylic oxidation sites excluding steroid dienone is 1. The van der Waals surface area contributed by atoms with Crippen molar-refractivity contribution in [1.29, 1.82) is 0 Å². The van der Waals surface area contributed by atoms with Gasteiger partial charge in [0.15, 0.2) is 34.4 Å². The first-order valence-corrected chi connectivity index (χ1v) is 14.2. The number of halogens is 1. The Labute approximate surface area is 252 Å². The highest BCUT2D eigenvalue weighted by Gasteiger charge is 2.34. The molecule has 0 radical (unpaired) electrons. The van der Waals surface area contributed by atoms with Crippen molar-refractivity contribution in [3.8, 4) is 23.0 Å². The monoisotopic (exact) mass is 694 g/mol. The first kappa shape index (κ1) is 30.1. The Balaban J connectivity index is 1.91. The SMILES string of the molecule is CCOC(=O)C1=C(C)N=c2s/c(=C\c3cc(I)c(OCC(=O)O)c(OC)c3)c(=O)n2[C@@H]1c1ccc(OC)c(OC)c1. The number of ether oxygens (including phenoxy) is 5. The number of benzene rings is 2. The molecule has 0 saturated carbocycles. The third-order valence-corrected chi connectivity index (χ3v) is 7.91. The zero-order valence-electron chi connectivity index (χ0n) is 22.8. The highest BCUT2D eigenvalue weighted by atomic mass is 127. The number of esters is 1. The van der Waals surface area contributed by atoms with Crippen molar-refractivity contribution < 1.29 is 38.4 Å². The number of aromatic nitrogens is 1. The predicted octanol–water partition coefficient (Wildman–Crippen LogP) is 2.89. The minimum absolute atomic E-state index is 0.158. The van der Waals surface area contributed by atoms with Crippen molar-refractivity contribution in [2.24, 2.45) is 4.99 Å². The molecule has 0 fully saturated rings. The van der Waals surface area contributed by atoms with Crippen LogP contribution in [0, 0.1) is 3.57 Å². The number of carbonyl (C=O) groups is 2. The highest BCUT2D eigenvalue weighted by molar-refractivity contribution is 14.1. The topological polar surface area (TPSA) is 135 Å². The van der Waals surface area contributed by atoms with Crippen molar-refractivity contribution in [2.75, 3.05) is 34.5 Å². The lowest BCUT2D eigenvalue weighted by molar-refractivity contribution is -0.140. The number of hydrogen-bond donors (Lipinski definition) is 1. The molecule has 3 aromatic rings. The van der Waals surface area contributed by atoms with Gasteiger partial charge in [0, 0.05) is 0 Å². The fourth-order valence-electron chi connectivity index (χ4n) is 4.38. The van der Waals surface area contributed by atoms with Crippen LogP contribution in [-0.2, 0) is 14.3 Å². The van der Waals surface area contributed by atoms with Gasteiger partial charge in [-0.15, -0.1) is 0 Å². The summed E-state index contributed by atoms with van der Waals surface area (Å²) >= 11 is 3.19. The molecule has 1 N–H and O–H groups in total. The zero-order chi connectivity index (χ0) is 29.8. The average Bonchev–Trinajstić information content (AvgIpc) is 3.24. The van der Waals surface area contributed by atoms with Crippen molar-refractivity contribution in [3.05, 3.63) is 76.0 Å². The maximum atomic E-state index is 13.9. The van der Waals surface area contributed by atoms with Gasteiger partial charge in [0.25, 0.3) is 5.56 Å². The number of rotatable bonds is 10. The number of carbonyl (C=O) groups excluding carboxylic acids is 1. The summed E-state index contributed by atoms with van der Waals surface area (Å²) in [5.74, 6) is -0.134. The summed E-state index contributed by atoms with van der Waals surface area (Å²) < 4.78 is 29.5. The maximum absolute atomic E-state index is 13.9. The largest absolute Gasteiger partial charge is 0.493 e. The van der Waals surface area contributed by atoms with Gasteiger partial charge in [-0.2, -0.15) is 0 Å². The lowest BCUT2D eigenvalue weighted by Gasteiger charge is -2.25. The summed E-state index contributed by atoms with van der Waals surface area (Å²) in [6, 6.07) is 7.78. The number of fused-ring (bicyclic) bond motifs is 1. The zero-order valence-corrected chi connectivity index (χ0v) is 25.8. The molecule has 1 aromatic heterocycles.